The number of halogens is 1. The Bertz CT molecular complexity index is 1330. The topological polar surface area (TPSA) is 69.7 Å². The number of hydrogen-bond donors (Lipinski definition) is 1. The lowest BCUT2D eigenvalue weighted by Crippen LogP contribution is -2.54. The quantitative estimate of drug-likeness (QED) is 0.615. The molecule has 0 unspecified atom stereocenters. The summed E-state index contributed by atoms with van der Waals surface area (Å²) in [6, 6.07) is 21.9. The summed E-state index contributed by atoms with van der Waals surface area (Å²) < 4.78 is 13.4. The van der Waals surface area contributed by atoms with Gasteiger partial charge in [0, 0.05) is 17.3 Å². The molecule has 7 heteroatoms. The molecule has 1 N–H and O–H groups in total. The molecule has 1 spiro atoms. The van der Waals surface area contributed by atoms with Gasteiger partial charge in [0.25, 0.3) is 5.91 Å². The zero-order valence-corrected chi connectivity index (χ0v) is 18.4. The van der Waals surface area contributed by atoms with Crippen molar-refractivity contribution in [1.29, 1.82) is 0 Å². The van der Waals surface area contributed by atoms with Gasteiger partial charge in [0.15, 0.2) is 0 Å². The minimum Gasteiger partial charge on any atom is -0.306 e. The largest absolute Gasteiger partial charge is 0.306 e. The molecule has 6 nitrogen and oxygen atoms in total. The molecule has 4 atom stereocenters. The van der Waals surface area contributed by atoms with Crippen molar-refractivity contribution in [2.45, 2.75) is 25.0 Å². The first-order chi connectivity index (χ1) is 16.4. The predicted molar refractivity (Wildman–Crippen MR) is 124 cm³/mol. The van der Waals surface area contributed by atoms with E-state index in [0.29, 0.717) is 16.9 Å². The molecule has 3 aromatic carbocycles. The number of anilines is 2. The van der Waals surface area contributed by atoms with Gasteiger partial charge >= 0.3 is 0 Å². The molecule has 0 saturated carbocycles. The van der Waals surface area contributed by atoms with Gasteiger partial charge in [-0.3, -0.25) is 19.7 Å². The van der Waals surface area contributed by atoms with Crippen molar-refractivity contribution in [3.63, 3.8) is 0 Å². The fourth-order valence-corrected chi connectivity index (χ4v) is 5.87. The SMILES string of the molecule is C[C@@H]1N[C@]2(C(=O)N(Cc3ccc(F)cc3)c3ccccc32)[C@@H]2C(=O)N(c3ccccc3)C(=O)[C@H]12. The van der Waals surface area contributed by atoms with E-state index in [1.165, 1.54) is 17.0 Å². The normalized spacial score (nSPS) is 27.6. The second kappa shape index (κ2) is 7.33. The summed E-state index contributed by atoms with van der Waals surface area (Å²) in [5, 5.41) is 3.38. The summed E-state index contributed by atoms with van der Waals surface area (Å²) >= 11 is 0. The van der Waals surface area contributed by atoms with Crippen molar-refractivity contribution in [3.8, 4) is 0 Å². The average molecular weight is 455 g/mol. The number of fused-ring (bicyclic) bond motifs is 4. The van der Waals surface area contributed by atoms with Gasteiger partial charge in [0.1, 0.15) is 11.4 Å². The van der Waals surface area contributed by atoms with E-state index in [1.54, 1.807) is 41.3 Å². The van der Waals surface area contributed by atoms with E-state index in [1.807, 2.05) is 37.3 Å². The lowest BCUT2D eigenvalue weighted by molar-refractivity contribution is -0.132. The van der Waals surface area contributed by atoms with E-state index in [4.69, 9.17) is 0 Å². The summed E-state index contributed by atoms with van der Waals surface area (Å²) in [7, 11) is 0. The Hall–Kier alpha value is -3.84. The van der Waals surface area contributed by atoms with Crippen molar-refractivity contribution >= 4 is 29.1 Å². The van der Waals surface area contributed by atoms with Gasteiger partial charge in [-0.1, -0.05) is 48.5 Å². The first-order valence-corrected chi connectivity index (χ1v) is 11.3. The first kappa shape index (κ1) is 20.7. The van der Waals surface area contributed by atoms with Crippen LogP contribution in [0.25, 0.3) is 0 Å². The van der Waals surface area contributed by atoms with Crippen LogP contribution >= 0.6 is 0 Å². The number of rotatable bonds is 3. The molecule has 3 aliphatic rings. The summed E-state index contributed by atoms with van der Waals surface area (Å²) in [4.78, 5) is 44.3. The lowest BCUT2D eigenvalue weighted by Gasteiger charge is -2.30. The van der Waals surface area contributed by atoms with E-state index < -0.39 is 17.4 Å². The van der Waals surface area contributed by atoms with E-state index >= 15 is 0 Å². The molecule has 2 saturated heterocycles. The summed E-state index contributed by atoms with van der Waals surface area (Å²) in [6.45, 7) is 2.08. The molecule has 3 amide bonds. The van der Waals surface area contributed by atoms with E-state index in [2.05, 4.69) is 5.32 Å². The smallest absolute Gasteiger partial charge is 0.253 e. The summed E-state index contributed by atoms with van der Waals surface area (Å²) in [5.74, 6) is -2.80. The zero-order valence-electron chi connectivity index (χ0n) is 18.4. The number of nitrogens with one attached hydrogen (secondary N) is 1. The molecule has 0 aliphatic carbocycles. The van der Waals surface area contributed by atoms with Gasteiger partial charge in [-0.05, 0) is 42.8 Å². The van der Waals surface area contributed by atoms with Crippen LogP contribution in [-0.2, 0) is 26.5 Å². The van der Waals surface area contributed by atoms with Crippen molar-refractivity contribution in [2.75, 3.05) is 9.80 Å². The third-order valence-electron chi connectivity index (χ3n) is 7.28. The van der Waals surface area contributed by atoms with Gasteiger partial charge in [-0.15, -0.1) is 0 Å². The maximum Gasteiger partial charge on any atom is 0.253 e. The molecule has 3 aromatic rings. The maximum absolute atomic E-state index is 14.1. The highest BCUT2D eigenvalue weighted by atomic mass is 19.1. The highest BCUT2D eigenvalue weighted by molar-refractivity contribution is 6.26. The molecule has 3 aliphatic heterocycles. The number of carbonyl (C=O) groups excluding carboxylic acids is 3. The van der Waals surface area contributed by atoms with Crippen molar-refractivity contribution < 1.29 is 18.8 Å². The Morgan fingerprint density at radius 1 is 0.882 bits per heavy atom. The van der Waals surface area contributed by atoms with E-state index in [0.717, 1.165) is 5.56 Å². The molecule has 0 bridgehead atoms. The van der Waals surface area contributed by atoms with Crippen LogP contribution in [0, 0.1) is 17.7 Å². The van der Waals surface area contributed by atoms with E-state index in [9.17, 15) is 18.8 Å². The number of benzene rings is 3. The van der Waals surface area contributed by atoms with Crippen LogP contribution in [-0.4, -0.2) is 23.8 Å². The van der Waals surface area contributed by atoms with Crippen LogP contribution in [0.2, 0.25) is 0 Å². The Balaban J connectivity index is 1.46. The predicted octanol–water partition coefficient (Wildman–Crippen LogP) is 3.37. The Morgan fingerprint density at radius 3 is 2.29 bits per heavy atom. The average Bonchev–Trinajstić information content (AvgIpc) is 3.39. The lowest BCUT2D eigenvalue weighted by atomic mass is 9.76. The van der Waals surface area contributed by atoms with Crippen LogP contribution in [0.1, 0.15) is 18.1 Å². The number of hydrogen-bond acceptors (Lipinski definition) is 4. The minimum absolute atomic E-state index is 0.232. The Kier molecular flexibility index (Phi) is 4.47. The van der Waals surface area contributed by atoms with Gasteiger partial charge in [-0.2, -0.15) is 0 Å². The monoisotopic (exact) mass is 455 g/mol. The number of nitrogens with zero attached hydrogens (tertiary/aromatic N) is 2. The highest BCUT2D eigenvalue weighted by Crippen LogP contribution is 2.55. The fourth-order valence-electron chi connectivity index (χ4n) is 5.87. The third kappa shape index (κ3) is 2.67. The fraction of sp³-hybridized carbons (Fsp3) is 0.222. The number of imide groups is 1. The third-order valence-corrected chi connectivity index (χ3v) is 7.28. The van der Waals surface area contributed by atoms with Gasteiger partial charge in [-0.25, -0.2) is 9.29 Å². The minimum atomic E-state index is -1.34. The van der Waals surface area contributed by atoms with Crippen LogP contribution in [0.15, 0.2) is 78.9 Å². The van der Waals surface area contributed by atoms with E-state index in [-0.39, 0.29) is 36.1 Å². The molecule has 0 aromatic heterocycles. The number of amides is 3. The molecule has 2 fully saturated rings. The second-order valence-corrected chi connectivity index (χ2v) is 9.13. The van der Waals surface area contributed by atoms with Crippen LogP contribution < -0.4 is 15.1 Å². The van der Waals surface area contributed by atoms with Crippen molar-refractivity contribution in [1.82, 2.24) is 5.32 Å². The molecule has 170 valence electrons. The molecule has 3 heterocycles. The summed E-state index contributed by atoms with van der Waals surface area (Å²) in [6.07, 6.45) is 0. The standard InChI is InChI=1S/C27H22FN3O3/c1-16-22-23(25(33)31(24(22)32)19-7-3-2-4-8-19)27(29-16)20-9-5-6-10-21(20)30(26(27)34)15-17-11-13-18(28)14-12-17/h2-14,16,22-23,29H,15H2,1H3/t16-,22+,23-,27-/m0/s1. The second-order valence-electron chi connectivity index (χ2n) is 9.13. The molecule has 6 rings (SSSR count). The molecule has 0 radical (unpaired) electrons. The maximum atomic E-state index is 14.1. The van der Waals surface area contributed by atoms with Crippen LogP contribution in [0.5, 0.6) is 0 Å². The Labute approximate surface area is 196 Å². The van der Waals surface area contributed by atoms with Gasteiger partial charge in [0.2, 0.25) is 11.8 Å². The molecule has 34 heavy (non-hydrogen) atoms. The molecular weight excluding hydrogens is 433 g/mol. The van der Waals surface area contributed by atoms with Crippen molar-refractivity contribution in [3.05, 3.63) is 95.8 Å². The summed E-state index contributed by atoms with van der Waals surface area (Å²) in [5.41, 5.74) is 1.32. The number of para-hydroxylation sites is 2. The van der Waals surface area contributed by atoms with Crippen LogP contribution in [0.4, 0.5) is 15.8 Å². The zero-order chi connectivity index (χ0) is 23.6. The van der Waals surface area contributed by atoms with Gasteiger partial charge in [0.05, 0.1) is 24.1 Å². The number of carbonyl (C=O) groups is 3. The highest BCUT2D eigenvalue weighted by Gasteiger charge is 2.71. The molecular formula is C27H22FN3O3. The first-order valence-electron chi connectivity index (χ1n) is 11.3. The van der Waals surface area contributed by atoms with Crippen molar-refractivity contribution in [2.24, 2.45) is 11.8 Å². The van der Waals surface area contributed by atoms with Gasteiger partial charge < -0.3 is 4.90 Å². The Morgan fingerprint density at radius 2 is 1.56 bits per heavy atom. The van der Waals surface area contributed by atoms with Crippen LogP contribution in [0.3, 0.4) is 0 Å².